The summed E-state index contributed by atoms with van der Waals surface area (Å²) in [7, 11) is 1.69. The summed E-state index contributed by atoms with van der Waals surface area (Å²) in [6, 6.07) is 23.3. The minimum Gasteiger partial charge on any atom is -0.497 e. The Hall–Kier alpha value is -2.85. The van der Waals surface area contributed by atoms with Crippen LogP contribution in [-0.4, -0.2) is 44.5 Å². The standard InChI is InChI=1S/C23H25N3O/c1-27-22-10-4-6-19(16-22)17-24-26-14-12-25(13-15-26)18-21-9-5-8-20-7-2-3-11-23(20)21/h2-11,16-17H,12-15,18H2,1H3/p+1. The number of ether oxygens (including phenoxy) is 1. The summed E-state index contributed by atoms with van der Waals surface area (Å²) in [6.45, 7) is 5.27. The topological polar surface area (TPSA) is 29.3 Å². The lowest BCUT2D eigenvalue weighted by Gasteiger charge is -2.30. The molecule has 4 heteroatoms. The highest BCUT2D eigenvalue weighted by Gasteiger charge is 2.19. The van der Waals surface area contributed by atoms with Crippen LogP contribution in [0.25, 0.3) is 10.8 Å². The molecule has 0 aliphatic carbocycles. The molecule has 0 unspecified atom stereocenters. The predicted octanol–water partition coefficient (Wildman–Crippen LogP) is 2.58. The Morgan fingerprint density at radius 2 is 1.78 bits per heavy atom. The van der Waals surface area contributed by atoms with E-state index in [-0.39, 0.29) is 0 Å². The number of hydrogen-bond donors (Lipinski definition) is 1. The van der Waals surface area contributed by atoms with E-state index < -0.39 is 0 Å². The number of rotatable bonds is 5. The third kappa shape index (κ3) is 4.29. The first-order valence-corrected chi connectivity index (χ1v) is 9.55. The van der Waals surface area contributed by atoms with Gasteiger partial charge in [0, 0.05) is 5.56 Å². The normalized spacial score (nSPS) is 15.5. The molecule has 1 fully saturated rings. The molecular formula is C23H26N3O+. The molecule has 0 spiro atoms. The molecule has 0 bridgehead atoms. The van der Waals surface area contributed by atoms with Gasteiger partial charge in [-0.15, -0.1) is 0 Å². The van der Waals surface area contributed by atoms with Gasteiger partial charge in [0.2, 0.25) is 0 Å². The van der Waals surface area contributed by atoms with Crippen LogP contribution in [0, 0.1) is 0 Å². The van der Waals surface area contributed by atoms with Crippen LogP contribution in [0.5, 0.6) is 5.75 Å². The van der Waals surface area contributed by atoms with Crippen LogP contribution >= 0.6 is 0 Å². The molecule has 1 aliphatic rings. The van der Waals surface area contributed by atoms with E-state index in [9.17, 15) is 0 Å². The summed E-state index contributed by atoms with van der Waals surface area (Å²) in [5.41, 5.74) is 2.51. The van der Waals surface area contributed by atoms with Crippen LogP contribution in [0.1, 0.15) is 11.1 Å². The second-order valence-corrected chi connectivity index (χ2v) is 7.04. The van der Waals surface area contributed by atoms with E-state index in [4.69, 9.17) is 4.74 Å². The summed E-state index contributed by atoms with van der Waals surface area (Å²) in [5.74, 6) is 0.864. The fourth-order valence-corrected chi connectivity index (χ4v) is 3.69. The number of fused-ring (bicyclic) bond motifs is 1. The zero-order valence-electron chi connectivity index (χ0n) is 15.8. The van der Waals surface area contributed by atoms with Crippen LogP contribution in [-0.2, 0) is 6.54 Å². The molecule has 0 atom stereocenters. The van der Waals surface area contributed by atoms with E-state index >= 15 is 0 Å². The number of nitrogens with zero attached hydrogens (tertiary/aromatic N) is 2. The number of benzene rings is 3. The van der Waals surface area contributed by atoms with Crippen molar-refractivity contribution in [3.05, 3.63) is 77.9 Å². The van der Waals surface area contributed by atoms with E-state index in [1.54, 1.807) is 12.0 Å². The molecule has 4 rings (SSSR count). The zero-order valence-corrected chi connectivity index (χ0v) is 15.8. The molecule has 3 aromatic carbocycles. The van der Waals surface area contributed by atoms with Gasteiger partial charge in [-0.1, -0.05) is 54.6 Å². The molecule has 1 saturated heterocycles. The Morgan fingerprint density at radius 1 is 1.00 bits per heavy atom. The first-order chi connectivity index (χ1) is 13.3. The Kier molecular flexibility index (Phi) is 5.35. The Balaban J connectivity index is 1.35. The number of quaternary nitrogens is 1. The molecular weight excluding hydrogens is 334 g/mol. The van der Waals surface area contributed by atoms with Crippen molar-refractivity contribution in [1.29, 1.82) is 0 Å². The summed E-state index contributed by atoms with van der Waals surface area (Å²) in [5, 5.41) is 9.54. The fraction of sp³-hybridized carbons (Fsp3) is 0.261. The highest BCUT2D eigenvalue weighted by molar-refractivity contribution is 5.85. The monoisotopic (exact) mass is 360 g/mol. The second-order valence-electron chi connectivity index (χ2n) is 7.04. The van der Waals surface area contributed by atoms with E-state index in [1.165, 1.54) is 16.3 Å². The minimum absolute atomic E-state index is 0.864. The van der Waals surface area contributed by atoms with Crippen molar-refractivity contribution >= 4 is 17.0 Å². The SMILES string of the molecule is COc1cccc(C=NN2CC[NH+](Cc3cccc4ccccc34)CC2)c1. The van der Waals surface area contributed by atoms with Gasteiger partial charge >= 0.3 is 0 Å². The summed E-state index contributed by atoms with van der Waals surface area (Å²) in [6.07, 6.45) is 1.93. The van der Waals surface area contributed by atoms with Gasteiger partial charge in [-0.2, -0.15) is 5.10 Å². The van der Waals surface area contributed by atoms with Crippen LogP contribution in [0.2, 0.25) is 0 Å². The highest BCUT2D eigenvalue weighted by Crippen LogP contribution is 2.17. The van der Waals surface area contributed by atoms with Crippen LogP contribution in [0.3, 0.4) is 0 Å². The molecule has 4 nitrogen and oxygen atoms in total. The first-order valence-electron chi connectivity index (χ1n) is 9.55. The van der Waals surface area contributed by atoms with E-state index in [2.05, 4.69) is 52.6 Å². The van der Waals surface area contributed by atoms with Gasteiger partial charge in [0.25, 0.3) is 0 Å². The lowest BCUT2D eigenvalue weighted by molar-refractivity contribution is -0.918. The molecule has 1 heterocycles. The first kappa shape index (κ1) is 17.6. The van der Waals surface area contributed by atoms with Crippen molar-refractivity contribution in [2.24, 2.45) is 5.10 Å². The number of hydrogen-bond acceptors (Lipinski definition) is 3. The number of piperazine rings is 1. The fourth-order valence-electron chi connectivity index (χ4n) is 3.69. The van der Waals surface area contributed by atoms with Gasteiger partial charge in [-0.05, 0) is 28.5 Å². The average molecular weight is 360 g/mol. The van der Waals surface area contributed by atoms with Gasteiger partial charge in [0.15, 0.2) is 0 Å². The maximum Gasteiger partial charge on any atom is 0.119 e. The van der Waals surface area contributed by atoms with Gasteiger partial charge in [-0.3, -0.25) is 5.01 Å². The second kappa shape index (κ2) is 8.23. The number of methoxy groups -OCH3 is 1. The quantitative estimate of drug-likeness (QED) is 0.709. The molecule has 138 valence electrons. The molecule has 27 heavy (non-hydrogen) atoms. The van der Waals surface area contributed by atoms with Crippen LogP contribution < -0.4 is 9.64 Å². The van der Waals surface area contributed by atoms with Gasteiger partial charge in [0.05, 0.1) is 39.5 Å². The van der Waals surface area contributed by atoms with E-state index in [1.807, 2.05) is 30.5 Å². The lowest BCUT2D eigenvalue weighted by Crippen LogP contribution is -3.13. The third-order valence-electron chi connectivity index (χ3n) is 5.23. The minimum atomic E-state index is 0.864. The van der Waals surface area contributed by atoms with E-state index in [0.717, 1.165) is 44.0 Å². The molecule has 1 aliphatic heterocycles. The van der Waals surface area contributed by atoms with Crippen molar-refractivity contribution in [1.82, 2.24) is 5.01 Å². The molecule has 0 saturated carbocycles. The molecule has 3 aromatic rings. The van der Waals surface area contributed by atoms with Crippen molar-refractivity contribution in [2.45, 2.75) is 6.54 Å². The summed E-state index contributed by atoms with van der Waals surface area (Å²) < 4.78 is 5.27. The molecule has 0 radical (unpaired) electrons. The van der Waals surface area contributed by atoms with E-state index in [0.29, 0.717) is 0 Å². The van der Waals surface area contributed by atoms with Gasteiger partial charge in [0.1, 0.15) is 12.3 Å². The van der Waals surface area contributed by atoms with Crippen molar-refractivity contribution in [2.75, 3.05) is 33.3 Å². The molecule has 0 amide bonds. The van der Waals surface area contributed by atoms with Crippen molar-refractivity contribution < 1.29 is 9.64 Å². The van der Waals surface area contributed by atoms with Crippen LogP contribution in [0.15, 0.2) is 71.8 Å². The highest BCUT2D eigenvalue weighted by atomic mass is 16.5. The molecule has 1 N–H and O–H groups in total. The smallest absolute Gasteiger partial charge is 0.119 e. The van der Waals surface area contributed by atoms with Crippen molar-refractivity contribution in [3.63, 3.8) is 0 Å². The summed E-state index contributed by atoms with van der Waals surface area (Å²) in [4.78, 5) is 1.62. The Bertz CT molecular complexity index is 924. The lowest BCUT2D eigenvalue weighted by atomic mass is 10.0. The zero-order chi connectivity index (χ0) is 18.5. The number of hydrazone groups is 1. The maximum atomic E-state index is 5.27. The number of nitrogens with one attached hydrogen (secondary N) is 1. The maximum absolute atomic E-state index is 5.27. The van der Waals surface area contributed by atoms with Crippen LogP contribution in [0.4, 0.5) is 0 Å². The van der Waals surface area contributed by atoms with Gasteiger partial charge in [-0.25, -0.2) is 0 Å². The largest absolute Gasteiger partial charge is 0.497 e. The van der Waals surface area contributed by atoms with Crippen molar-refractivity contribution in [3.8, 4) is 5.75 Å². The van der Waals surface area contributed by atoms with Gasteiger partial charge < -0.3 is 9.64 Å². The Labute approximate surface area is 160 Å². The predicted molar refractivity (Wildman–Crippen MR) is 111 cm³/mol. The average Bonchev–Trinajstić information content (AvgIpc) is 2.74. The molecule has 0 aromatic heterocycles. The Morgan fingerprint density at radius 3 is 2.63 bits per heavy atom. The summed E-state index contributed by atoms with van der Waals surface area (Å²) >= 11 is 0. The third-order valence-corrected chi connectivity index (χ3v) is 5.23.